The number of benzene rings is 2. The first kappa shape index (κ1) is 61.3. The summed E-state index contributed by atoms with van der Waals surface area (Å²) in [6, 6.07) is 16.3. The molecule has 0 aliphatic carbocycles. The second kappa shape index (κ2) is 39.8. The first-order valence-electron chi connectivity index (χ1n) is 19.5. The van der Waals surface area contributed by atoms with Gasteiger partial charge in [-0.2, -0.15) is 0 Å². The summed E-state index contributed by atoms with van der Waals surface area (Å²) in [6.07, 6.45) is -4.68. The third-order valence-electron chi connectivity index (χ3n) is 6.79. The van der Waals surface area contributed by atoms with E-state index in [1.807, 2.05) is 60.7 Å². The Bertz CT molecular complexity index is 1930. The van der Waals surface area contributed by atoms with E-state index >= 15 is 0 Å². The molecule has 0 spiro atoms. The Hall–Kier alpha value is -7.77. The van der Waals surface area contributed by atoms with E-state index < -0.39 is 72.2 Å². The van der Waals surface area contributed by atoms with Gasteiger partial charge in [-0.05, 0) is 22.2 Å². The predicted octanol–water partition coefficient (Wildman–Crippen LogP) is 0.475. The van der Waals surface area contributed by atoms with Gasteiger partial charge in [0.15, 0.2) is 0 Å². The van der Waals surface area contributed by atoms with Crippen LogP contribution >= 0.6 is 0 Å². The number of carbonyl (C=O) groups is 9. The number of nitrogens with one attached hydrogen (secondary N) is 3. The van der Waals surface area contributed by atoms with E-state index in [-0.39, 0.29) is 52.4 Å². The van der Waals surface area contributed by atoms with E-state index in [9.17, 15) is 47.1 Å². The van der Waals surface area contributed by atoms with Gasteiger partial charge in [0, 0.05) is 50.2 Å². The zero-order valence-electron chi connectivity index (χ0n) is 36.7. The second-order valence-corrected chi connectivity index (χ2v) is 12.3. The van der Waals surface area contributed by atoms with Crippen LogP contribution in [0.3, 0.4) is 0 Å². The molecule has 0 bridgehead atoms. The SMILES string of the molecule is CC(=O)N[C@@H](CC(=O)OCc1ccccc1)C(=O)NCCOCCN=[N+]=[N-].CC(=O)OC(C)=O.O=C(C[C@@H]1NC(=O)OC1=O)OCc1ccccc1.O=C([O-])C(F)F.[N-]=[N+]=NCCOCC[NH3+]. The molecule has 0 saturated carbocycles. The maximum atomic E-state index is 12.2. The fourth-order valence-electron chi connectivity index (χ4n) is 4.09. The average molecular weight is 955 g/mol. The number of cyclic esters (lactones) is 2. The normalized spacial score (nSPS) is 12.1. The number of carbonyl (C=O) groups excluding carboxylic acids is 9. The van der Waals surface area contributed by atoms with Crippen molar-refractivity contribution in [1.82, 2.24) is 16.0 Å². The number of aliphatic carboxylic acids is 1. The molecule has 0 unspecified atom stereocenters. The van der Waals surface area contributed by atoms with Crippen LogP contribution in [-0.2, 0) is 80.0 Å². The lowest BCUT2D eigenvalue weighted by atomic mass is 10.2. The van der Waals surface area contributed by atoms with Gasteiger partial charge in [-0.25, -0.2) is 18.4 Å². The summed E-state index contributed by atoms with van der Waals surface area (Å²) in [5, 5.41) is 22.6. The molecular weight excluding hydrogens is 902 g/mol. The lowest BCUT2D eigenvalue weighted by Gasteiger charge is -2.17. The molecule has 26 nitrogen and oxygen atoms in total. The topological polar surface area (TPSA) is 393 Å². The quantitative estimate of drug-likeness (QED) is 0.0237. The van der Waals surface area contributed by atoms with Crippen LogP contribution in [0.4, 0.5) is 13.6 Å². The van der Waals surface area contributed by atoms with Crippen LogP contribution in [-0.4, -0.2) is 125 Å². The number of rotatable bonds is 22. The zero-order valence-corrected chi connectivity index (χ0v) is 36.7. The van der Waals surface area contributed by atoms with Gasteiger partial charge < -0.3 is 60.0 Å². The Morgan fingerprint density at radius 2 is 1.28 bits per heavy atom. The number of alkyl halides is 2. The van der Waals surface area contributed by atoms with Crippen LogP contribution in [0, 0.1) is 0 Å². The monoisotopic (exact) mass is 954 g/mol. The zero-order chi connectivity index (χ0) is 50.8. The minimum atomic E-state index is -3.34. The number of halogens is 2. The molecule has 2 atom stereocenters. The number of carboxylic acids is 1. The predicted molar refractivity (Wildman–Crippen MR) is 222 cm³/mol. The van der Waals surface area contributed by atoms with Gasteiger partial charge in [-0.1, -0.05) is 70.9 Å². The first-order valence-corrected chi connectivity index (χ1v) is 19.5. The molecule has 67 heavy (non-hydrogen) atoms. The Morgan fingerprint density at radius 1 is 0.806 bits per heavy atom. The van der Waals surface area contributed by atoms with Crippen molar-refractivity contribution in [3.63, 3.8) is 0 Å². The number of carboxylic acid groups (broad SMARTS) is 1. The molecule has 1 heterocycles. The lowest BCUT2D eigenvalue weighted by molar-refractivity contribution is -0.374. The maximum absolute atomic E-state index is 12.2. The summed E-state index contributed by atoms with van der Waals surface area (Å²) in [7, 11) is 0. The van der Waals surface area contributed by atoms with Crippen molar-refractivity contribution in [2.75, 3.05) is 52.6 Å². The third kappa shape index (κ3) is 38.4. The van der Waals surface area contributed by atoms with Crippen LogP contribution in [0.2, 0.25) is 0 Å². The van der Waals surface area contributed by atoms with Crippen molar-refractivity contribution >= 4 is 53.7 Å². The van der Waals surface area contributed by atoms with Crippen LogP contribution < -0.4 is 26.8 Å². The molecule has 3 amide bonds. The highest BCUT2D eigenvalue weighted by molar-refractivity contribution is 5.97. The molecule has 1 fully saturated rings. The van der Waals surface area contributed by atoms with Crippen molar-refractivity contribution in [2.24, 2.45) is 10.2 Å². The molecule has 6 N–H and O–H groups in total. The van der Waals surface area contributed by atoms with Gasteiger partial charge in [-0.15, -0.1) is 0 Å². The minimum absolute atomic E-state index is 0.0904. The molecule has 1 aliphatic rings. The van der Waals surface area contributed by atoms with E-state index in [1.54, 1.807) is 0 Å². The smallest absolute Gasteiger partial charge is 0.415 e. The van der Waals surface area contributed by atoms with E-state index in [4.69, 9.17) is 39.9 Å². The standard InChI is InChI=1S/C17H23N5O5.C12H11NO5.C4H10N4O.C4H6O3.C2H2F2O2/c1-13(23)21-15(17(25)19-7-9-26-10-8-20-22-18)11-16(24)27-12-14-5-3-2-4-6-14;14-10(6-9-11(15)18-12(16)13-9)17-7-8-4-2-1-3-5-8;5-1-3-9-4-2-7-8-6;1-3(5)7-4(2)6;3-1(4)2(5)6/h2-6,15H,7-12H2,1H3,(H,19,25)(H,21,23);1-5,9H,6-7H2,(H,13,16);1-5H2;1-2H3;1H,(H,5,6)/t15-;9-;;;/m00.../s1. The highest BCUT2D eigenvalue weighted by Crippen LogP contribution is 2.08. The van der Waals surface area contributed by atoms with E-state index in [1.165, 1.54) is 20.8 Å². The molecule has 1 aliphatic heterocycles. The van der Waals surface area contributed by atoms with Crippen molar-refractivity contribution in [2.45, 2.75) is 65.3 Å². The van der Waals surface area contributed by atoms with Crippen LogP contribution in [0.25, 0.3) is 20.9 Å². The summed E-state index contributed by atoms with van der Waals surface area (Å²) < 4.78 is 49.4. The van der Waals surface area contributed by atoms with Crippen LogP contribution in [0.1, 0.15) is 44.7 Å². The van der Waals surface area contributed by atoms with E-state index in [0.717, 1.165) is 17.7 Å². The number of hydrogen-bond acceptors (Lipinski definition) is 18. The minimum Gasteiger partial charge on any atom is -0.544 e. The average Bonchev–Trinajstić information content (AvgIpc) is 3.60. The maximum Gasteiger partial charge on any atom is 0.415 e. The number of ether oxygens (including phenoxy) is 6. The Labute approximate surface area is 381 Å². The number of quaternary nitrogens is 1. The second-order valence-electron chi connectivity index (χ2n) is 12.3. The third-order valence-corrected chi connectivity index (χ3v) is 6.79. The van der Waals surface area contributed by atoms with Crippen molar-refractivity contribution in [1.29, 1.82) is 0 Å². The fourth-order valence-corrected chi connectivity index (χ4v) is 4.09. The fraction of sp³-hybridized carbons (Fsp3) is 0.462. The lowest BCUT2D eigenvalue weighted by Crippen LogP contribution is -2.52. The Kier molecular flexibility index (Phi) is 36.4. The summed E-state index contributed by atoms with van der Waals surface area (Å²) in [4.78, 5) is 102. The number of hydrogen-bond donors (Lipinski definition) is 4. The van der Waals surface area contributed by atoms with Gasteiger partial charge in [0.05, 0.1) is 45.8 Å². The molecule has 368 valence electrons. The van der Waals surface area contributed by atoms with Crippen molar-refractivity contribution in [3.8, 4) is 0 Å². The number of amides is 3. The van der Waals surface area contributed by atoms with Gasteiger partial charge in [-0.3, -0.25) is 28.8 Å². The largest absolute Gasteiger partial charge is 0.544 e. The Morgan fingerprint density at radius 3 is 1.67 bits per heavy atom. The number of esters is 5. The number of nitrogens with zero attached hydrogens (tertiary/aromatic N) is 6. The molecule has 28 heteroatoms. The van der Waals surface area contributed by atoms with Gasteiger partial charge >= 0.3 is 35.9 Å². The molecular formula is C39H52F2N10O16. The summed E-state index contributed by atoms with van der Waals surface area (Å²) in [6.45, 7) is 6.99. The van der Waals surface area contributed by atoms with Gasteiger partial charge in [0.25, 0.3) is 6.43 Å². The highest BCUT2D eigenvalue weighted by atomic mass is 19.3. The molecule has 0 radical (unpaired) electrons. The van der Waals surface area contributed by atoms with Gasteiger partial charge in [0.1, 0.15) is 31.3 Å². The van der Waals surface area contributed by atoms with Crippen LogP contribution in [0.5, 0.6) is 0 Å². The summed E-state index contributed by atoms with van der Waals surface area (Å²) in [5.41, 5.74) is 21.2. The van der Waals surface area contributed by atoms with E-state index in [0.29, 0.717) is 19.8 Å². The summed E-state index contributed by atoms with van der Waals surface area (Å²) >= 11 is 0. The molecule has 1 saturated heterocycles. The van der Waals surface area contributed by atoms with Crippen molar-refractivity contribution in [3.05, 3.63) is 92.7 Å². The molecule has 3 rings (SSSR count). The highest BCUT2D eigenvalue weighted by Gasteiger charge is 2.34. The van der Waals surface area contributed by atoms with Crippen molar-refractivity contribution < 1.29 is 91.2 Å². The summed E-state index contributed by atoms with van der Waals surface area (Å²) in [5.74, 6) is -6.31. The number of azide groups is 2. The molecule has 2 aromatic rings. The Balaban J connectivity index is 0. The van der Waals surface area contributed by atoms with Crippen LogP contribution in [0.15, 0.2) is 70.9 Å². The molecule has 0 aromatic heterocycles. The van der Waals surface area contributed by atoms with Gasteiger partial charge in [0.2, 0.25) is 11.8 Å². The first-order chi connectivity index (χ1) is 31.9. The van der Waals surface area contributed by atoms with E-state index in [2.05, 4.69) is 51.2 Å². The molecule has 2 aromatic carbocycles. The number of alkyl carbamates (subject to hydrolysis) is 1.